The molecule has 1 fully saturated rings. The number of carbonyl (C=O) groups excluding carboxylic acids is 1. The van der Waals surface area contributed by atoms with Crippen molar-refractivity contribution in [3.8, 4) is 0 Å². The summed E-state index contributed by atoms with van der Waals surface area (Å²) >= 11 is 13.5. The number of nitrogens with zero attached hydrogens (tertiary/aromatic N) is 5. The lowest BCUT2D eigenvalue weighted by molar-refractivity contribution is -0.385. The summed E-state index contributed by atoms with van der Waals surface area (Å²) in [6.07, 6.45) is 2.60. The van der Waals surface area contributed by atoms with Gasteiger partial charge in [0.15, 0.2) is 0 Å². The van der Waals surface area contributed by atoms with E-state index >= 15 is 0 Å². The van der Waals surface area contributed by atoms with E-state index in [0.717, 1.165) is 30.8 Å². The van der Waals surface area contributed by atoms with Crippen LogP contribution in [0.2, 0.25) is 10.0 Å². The van der Waals surface area contributed by atoms with E-state index in [9.17, 15) is 14.9 Å². The minimum absolute atomic E-state index is 0.0110. The lowest BCUT2D eigenvalue weighted by Crippen LogP contribution is -2.48. The van der Waals surface area contributed by atoms with E-state index in [0.29, 0.717) is 34.6 Å². The van der Waals surface area contributed by atoms with Gasteiger partial charge in [-0.15, -0.1) is 11.3 Å². The first-order valence-corrected chi connectivity index (χ1v) is 11.2. The van der Waals surface area contributed by atoms with E-state index in [1.54, 1.807) is 6.07 Å². The first-order valence-electron chi connectivity index (χ1n) is 9.59. The maximum atomic E-state index is 12.9. The molecule has 162 valence electrons. The predicted molar refractivity (Wildman–Crippen MR) is 120 cm³/mol. The van der Waals surface area contributed by atoms with E-state index in [1.807, 2.05) is 28.5 Å². The van der Waals surface area contributed by atoms with E-state index < -0.39 is 4.92 Å². The monoisotopic (exact) mass is 479 g/mol. The van der Waals surface area contributed by atoms with Crippen molar-refractivity contribution in [1.29, 1.82) is 0 Å². The topological polar surface area (TPSA) is 84.5 Å². The number of amides is 1. The third-order valence-electron chi connectivity index (χ3n) is 5.09. The molecule has 0 N–H and O–H groups in total. The zero-order valence-corrected chi connectivity index (χ0v) is 18.7. The van der Waals surface area contributed by atoms with Gasteiger partial charge in [-0.2, -0.15) is 5.10 Å². The van der Waals surface area contributed by atoms with Crippen LogP contribution in [0.5, 0.6) is 0 Å². The Morgan fingerprint density at radius 2 is 1.87 bits per heavy atom. The summed E-state index contributed by atoms with van der Waals surface area (Å²) in [6, 6.07) is 7.48. The average Bonchev–Trinajstić information content (AvgIpc) is 3.41. The minimum atomic E-state index is -0.479. The standard InChI is InChI=1S/C20H19Cl2N5O3S/c21-17-2-1-14(7-18(17)22)10-24-3-5-25(6-4-24)20(28)19-8-15(13-31-19)11-26-12-16(9-23-26)27(29)30/h1-2,7-9,12-13H,3-6,10-11H2. The largest absolute Gasteiger partial charge is 0.335 e. The Morgan fingerprint density at radius 3 is 2.55 bits per heavy atom. The molecule has 1 saturated heterocycles. The fourth-order valence-electron chi connectivity index (χ4n) is 3.45. The van der Waals surface area contributed by atoms with Gasteiger partial charge in [0.1, 0.15) is 12.4 Å². The Labute approximate surface area is 192 Å². The van der Waals surface area contributed by atoms with Crippen molar-refractivity contribution in [3.63, 3.8) is 0 Å². The second kappa shape index (κ2) is 9.35. The Balaban J connectivity index is 1.31. The van der Waals surface area contributed by atoms with Crippen molar-refractivity contribution < 1.29 is 9.72 Å². The van der Waals surface area contributed by atoms with Crippen LogP contribution in [-0.4, -0.2) is 56.6 Å². The highest BCUT2D eigenvalue weighted by atomic mass is 35.5. The van der Waals surface area contributed by atoms with Gasteiger partial charge < -0.3 is 4.90 Å². The SMILES string of the molecule is O=C(c1cc(Cn2cc([N+](=O)[O-])cn2)cs1)N1CCN(Cc2ccc(Cl)c(Cl)c2)CC1. The number of aromatic nitrogens is 2. The summed E-state index contributed by atoms with van der Waals surface area (Å²) in [5.41, 5.74) is 1.94. The van der Waals surface area contributed by atoms with Crippen LogP contribution in [0.3, 0.4) is 0 Å². The van der Waals surface area contributed by atoms with Gasteiger partial charge >= 0.3 is 5.69 Å². The van der Waals surface area contributed by atoms with Crippen molar-refractivity contribution in [2.75, 3.05) is 26.2 Å². The lowest BCUT2D eigenvalue weighted by Gasteiger charge is -2.34. The van der Waals surface area contributed by atoms with Crippen molar-refractivity contribution in [3.05, 3.63) is 78.2 Å². The zero-order valence-electron chi connectivity index (χ0n) is 16.4. The number of benzene rings is 1. The molecule has 0 aliphatic carbocycles. The van der Waals surface area contributed by atoms with E-state index in [2.05, 4.69) is 10.00 Å². The summed E-state index contributed by atoms with van der Waals surface area (Å²) in [5, 5.41) is 17.8. The molecule has 1 aromatic carbocycles. The number of nitro groups is 1. The van der Waals surface area contributed by atoms with Crippen LogP contribution in [0.4, 0.5) is 5.69 Å². The average molecular weight is 480 g/mol. The number of thiophene rings is 1. The van der Waals surface area contributed by atoms with E-state index in [4.69, 9.17) is 23.2 Å². The third kappa shape index (κ3) is 5.24. The van der Waals surface area contributed by atoms with Gasteiger partial charge in [0.05, 0.1) is 26.4 Å². The van der Waals surface area contributed by atoms with Crippen LogP contribution in [0.1, 0.15) is 20.8 Å². The van der Waals surface area contributed by atoms with Crippen molar-refractivity contribution in [2.24, 2.45) is 0 Å². The van der Waals surface area contributed by atoms with Crippen LogP contribution in [-0.2, 0) is 13.1 Å². The van der Waals surface area contributed by atoms with Crippen LogP contribution in [0.25, 0.3) is 0 Å². The summed E-state index contributed by atoms with van der Waals surface area (Å²) in [6.45, 7) is 4.01. The van der Waals surface area contributed by atoms with Crippen LogP contribution in [0.15, 0.2) is 42.0 Å². The maximum absolute atomic E-state index is 12.9. The first kappa shape index (κ1) is 21.8. The molecule has 3 heterocycles. The van der Waals surface area contributed by atoms with Crippen molar-refractivity contribution in [2.45, 2.75) is 13.1 Å². The third-order valence-corrected chi connectivity index (χ3v) is 6.80. The highest BCUT2D eigenvalue weighted by Crippen LogP contribution is 2.24. The van der Waals surface area contributed by atoms with Gasteiger partial charge in [-0.05, 0) is 34.7 Å². The number of hydrogen-bond donors (Lipinski definition) is 0. The second-order valence-corrected chi connectivity index (χ2v) is 9.01. The molecule has 0 atom stereocenters. The maximum Gasteiger partial charge on any atom is 0.307 e. The quantitative estimate of drug-likeness (QED) is 0.391. The Hall–Kier alpha value is -2.46. The fraction of sp³-hybridized carbons (Fsp3) is 0.300. The molecule has 0 unspecified atom stereocenters. The molecule has 4 rings (SSSR count). The van der Waals surface area contributed by atoms with Gasteiger partial charge in [-0.3, -0.25) is 24.5 Å². The number of hydrogen-bond acceptors (Lipinski definition) is 6. The lowest BCUT2D eigenvalue weighted by atomic mass is 10.2. The molecular formula is C20H19Cl2N5O3S. The van der Waals surface area contributed by atoms with Gasteiger partial charge in [0.25, 0.3) is 5.91 Å². The fourth-order valence-corrected chi connectivity index (χ4v) is 4.64. The van der Waals surface area contributed by atoms with Gasteiger partial charge in [0, 0.05) is 32.7 Å². The number of piperazine rings is 1. The molecule has 0 saturated carbocycles. The predicted octanol–water partition coefficient (Wildman–Crippen LogP) is 4.17. The highest BCUT2D eigenvalue weighted by Gasteiger charge is 2.23. The Morgan fingerprint density at radius 1 is 1.10 bits per heavy atom. The summed E-state index contributed by atoms with van der Waals surface area (Å²) in [5.74, 6) is 0.0110. The molecule has 0 radical (unpaired) electrons. The number of halogens is 2. The summed E-state index contributed by atoms with van der Waals surface area (Å²) in [4.78, 5) is 28.0. The van der Waals surface area contributed by atoms with Crippen LogP contribution < -0.4 is 0 Å². The number of carbonyl (C=O) groups is 1. The molecule has 0 bridgehead atoms. The van der Waals surface area contributed by atoms with Gasteiger partial charge in [-0.1, -0.05) is 29.3 Å². The molecule has 31 heavy (non-hydrogen) atoms. The molecule has 1 amide bonds. The normalized spacial score (nSPS) is 14.7. The summed E-state index contributed by atoms with van der Waals surface area (Å²) in [7, 11) is 0. The Kier molecular flexibility index (Phi) is 6.57. The second-order valence-electron chi connectivity index (χ2n) is 7.29. The van der Waals surface area contributed by atoms with Gasteiger partial charge in [-0.25, -0.2) is 0 Å². The number of rotatable bonds is 6. The van der Waals surface area contributed by atoms with E-state index in [1.165, 1.54) is 28.4 Å². The molecule has 2 aromatic heterocycles. The van der Waals surface area contributed by atoms with Crippen LogP contribution in [0, 0.1) is 10.1 Å². The van der Waals surface area contributed by atoms with Crippen molar-refractivity contribution in [1.82, 2.24) is 19.6 Å². The highest BCUT2D eigenvalue weighted by molar-refractivity contribution is 7.12. The van der Waals surface area contributed by atoms with E-state index in [-0.39, 0.29) is 11.6 Å². The molecule has 0 spiro atoms. The van der Waals surface area contributed by atoms with Gasteiger partial charge in [0.2, 0.25) is 0 Å². The minimum Gasteiger partial charge on any atom is -0.335 e. The first-order chi connectivity index (χ1) is 14.9. The molecular weight excluding hydrogens is 461 g/mol. The zero-order chi connectivity index (χ0) is 22.0. The molecule has 3 aromatic rings. The molecule has 1 aliphatic heterocycles. The van der Waals surface area contributed by atoms with Crippen LogP contribution >= 0.6 is 34.5 Å². The molecule has 11 heteroatoms. The Bertz CT molecular complexity index is 1110. The van der Waals surface area contributed by atoms with Crippen molar-refractivity contribution >= 4 is 46.1 Å². The molecule has 8 nitrogen and oxygen atoms in total. The molecule has 1 aliphatic rings. The smallest absolute Gasteiger partial charge is 0.307 e. The summed E-state index contributed by atoms with van der Waals surface area (Å²) < 4.78 is 1.50.